The van der Waals surface area contributed by atoms with E-state index in [2.05, 4.69) is 10.3 Å². The van der Waals surface area contributed by atoms with Gasteiger partial charge in [-0.2, -0.15) is 5.26 Å². The molecule has 0 atom stereocenters. The van der Waals surface area contributed by atoms with E-state index in [1.165, 1.54) is 24.3 Å². The lowest BCUT2D eigenvalue weighted by Gasteiger charge is -2.06. The molecule has 0 saturated carbocycles. The maximum Gasteiger partial charge on any atom is 0.305 e. The van der Waals surface area contributed by atoms with Crippen molar-refractivity contribution in [3.8, 4) is 6.07 Å². The predicted octanol–water partition coefficient (Wildman–Crippen LogP) is 2.38. The third-order valence-corrected chi connectivity index (χ3v) is 2.80. The fourth-order valence-corrected chi connectivity index (χ4v) is 1.71. The summed E-state index contributed by atoms with van der Waals surface area (Å²) in [6, 6.07) is 10.2. The Kier molecular flexibility index (Phi) is 4.24. The first kappa shape index (κ1) is 14.9. The minimum atomic E-state index is -0.675. The van der Waals surface area contributed by atoms with Gasteiger partial charge in [-0.15, -0.1) is 0 Å². The Bertz CT molecular complexity index is 767. The summed E-state index contributed by atoms with van der Waals surface area (Å²) in [6.07, 6.45) is 0. The van der Waals surface area contributed by atoms with Gasteiger partial charge in [0, 0.05) is 24.7 Å². The van der Waals surface area contributed by atoms with Crippen molar-refractivity contribution in [2.24, 2.45) is 0 Å². The van der Waals surface area contributed by atoms with E-state index in [1.807, 2.05) is 0 Å². The van der Waals surface area contributed by atoms with E-state index in [9.17, 15) is 20.2 Å². The molecule has 9 nitrogen and oxygen atoms in total. The summed E-state index contributed by atoms with van der Waals surface area (Å²) < 4.78 is 0. The topological polar surface area (TPSA) is 135 Å². The molecule has 0 spiro atoms. The van der Waals surface area contributed by atoms with Crippen molar-refractivity contribution in [2.75, 3.05) is 5.32 Å². The first-order valence-electron chi connectivity index (χ1n) is 6.04. The van der Waals surface area contributed by atoms with Gasteiger partial charge in [0.25, 0.3) is 5.69 Å². The molecule has 1 heterocycles. The van der Waals surface area contributed by atoms with E-state index >= 15 is 0 Å². The molecule has 110 valence electrons. The third-order valence-electron chi connectivity index (χ3n) is 2.80. The number of nitrogens with zero attached hydrogens (tertiary/aromatic N) is 4. The van der Waals surface area contributed by atoms with Crippen molar-refractivity contribution in [1.29, 1.82) is 5.26 Å². The standard InChI is InChI=1S/C13H9N5O4/c14-7-11-12(18(21)22)5-6-13(16-11)15-8-9-1-3-10(4-2-9)17(19)20/h1-6H,8H2,(H,15,16). The Morgan fingerprint density at radius 3 is 2.32 bits per heavy atom. The van der Waals surface area contributed by atoms with Gasteiger partial charge in [-0.1, -0.05) is 12.1 Å². The number of aromatic nitrogens is 1. The van der Waals surface area contributed by atoms with Crippen molar-refractivity contribution in [3.05, 3.63) is 67.9 Å². The highest BCUT2D eigenvalue weighted by Gasteiger charge is 2.15. The lowest BCUT2D eigenvalue weighted by molar-refractivity contribution is -0.385. The van der Waals surface area contributed by atoms with E-state index in [-0.39, 0.29) is 17.1 Å². The minimum Gasteiger partial charge on any atom is -0.366 e. The average Bonchev–Trinajstić information content (AvgIpc) is 2.52. The zero-order valence-electron chi connectivity index (χ0n) is 11.1. The molecule has 2 aromatic rings. The molecule has 0 fully saturated rings. The number of benzene rings is 1. The monoisotopic (exact) mass is 299 g/mol. The first-order chi connectivity index (χ1) is 10.5. The summed E-state index contributed by atoms with van der Waals surface area (Å²) in [6.45, 7) is 0.313. The van der Waals surface area contributed by atoms with Gasteiger partial charge in [0.05, 0.1) is 9.85 Å². The fraction of sp³-hybridized carbons (Fsp3) is 0.0769. The highest BCUT2D eigenvalue weighted by Crippen LogP contribution is 2.19. The van der Waals surface area contributed by atoms with Crippen molar-refractivity contribution in [1.82, 2.24) is 4.98 Å². The Morgan fingerprint density at radius 2 is 1.77 bits per heavy atom. The van der Waals surface area contributed by atoms with Crippen molar-refractivity contribution < 1.29 is 9.85 Å². The summed E-state index contributed by atoms with van der Waals surface area (Å²) in [5, 5.41) is 33.0. The molecule has 0 radical (unpaired) electrons. The second-order valence-electron chi connectivity index (χ2n) is 4.21. The number of nitro groups is 2. The lowest BCUT2D eigenvalue weighted by Crippen LogP contribution is -2.04. The van der Waals surface area contributed by atoms with Crippen molar-refractivity contribution >= 4 is 17.2 Å². The number of rotatable bonds is 5. The lowest BCUT2D eigenvalue weighted by atomic mass is 10.2. The van der Waals surface area contributed by atoms with Crippen LogP contribution in [0.1, 0.15) is 11.3 Å². The third kappa shape index (κ3) is 3.31. The molecular weight excluding hydrogens is 290 g/mol. The molecule has 2 rings (SSSR count). The predicted molar refractivity (Wildman–Crippen MR) is 76.0 cm³/mol. The molecule has 22 heavy (non-hydrogen) atoms. The van der Waals surface area contributed by atoms with Crippen LogP contribution in [0.3, 0.4) is 0 Å². The molecule has 0 aliphatic heterocycles. The quantitative estimate of drug-likeness (QED) is 0.661. The number of nitro benzene ring substituents is 1. The number of anilines is 1. The number of non-ortho nitro benzene ring substituents is 1. The highest BCUT2D eigenvalue weighted by atomic mass is 16.6. The molecule has 0 unspecified atom stereocenters. The van der Waals surface area contributed by atoms with Gasteiger partial charge in [0.1, 0.15) is 11.9 Å². The average molecular weight is 299 g/mol. The maximum absolute atomic E-state index is 10.7. The van der Waals surface area contributed by atoms with Crippen molar-refractivity contribution in [2.45, 2.75) is 6.54 Å². The molecule has 0 saturated heterocycles. The van der Waals surface area contributed by atoms with Gasteiger partial charge in [-0.3, -0.25) is 20.2 Å². The Labute approximate surface area is 124 Å². The zero-order chi connectivity index (χ0) is 16.1. The summed E-state index contributed by atoms with van der Waals surface area (Å²) in [7, 11) is 0. The smallest absolute Gasteiger partial charge is 0.305 e. The van der Waals surface area contributed by atoms with Crippen LogP contribution in [0.2, 0.25) is 0 Å². The normalized spacial score (nSPS) is 9.77. The summed E-state index contributed by atoms with van der Waals surface area (Å²) in [5.74, 6) is 0.306. The van der Waals surface area contributed by atoms with E-state index in [0.717, 1.165) is 5.56 Å². The SMILES string of the molecule is N#Cc1nc(NCc2ccc([N+](=O)[O-])cc2)ccc1[N+](=O)[O-]. The van der Waals surface area contributed by atoms with E-state index < -0.39 is 9.85 Å². The van der Waals surface area contributed by atoms with Crippen LogP contribution >= 0.6 is 0 Å². The summed E-state index contributed by atoms with van der Waals surface area (Å²) in [4.78, 5) is 23.9. The minimum absolute atomic E-state index is 0.0102. The van der Waals surface area contributed by atoms with Crippen LogP contribution in [-0.4, -0.2) is 14.8 Å². The molecule has 0 aliphatic carbocycles. The van der Waals surface area contributed by atoms with E-state index in [1.54, 1.807) is 18.2 Å². The molecule has 9 heteroatoms. The van der Waals surface area contributed by atoms with Gasteiger partial charge < -0.3 is 5.32 Å². The van der Waals surface area contributed by atoms with Crippen LogP contribution < -0.4 is 5.32 Å². The Balaban J connectivity index is 2.10. The van der Waals surface area contributed by atoms with Crippen LogP contribution in [-0.2, 0) is 6.54 Å². The van der Waals surface area contributed by atoms with Crippen molar-refractivity contribution in [3.63, 3.8) is 0 Å². The molecule has 1 N–H and O–H groups in total. The van der Waals surface area contributed by atoms with Gasteiger partial charge in [-0.05, 0) is 11.6 Å². The largest absolute Gasteiger partial charge is 0.366 e. The zero-order valence-corrected chi connectivity index (χ0v) is 11.1. The number of nitrogens with one attached hydrogen (secondary N) is 1. The molecule has 0 aliphatic rings. The summed E-state index contributed by atoms with van der Waals surface area (Å²) in [5.41, 5.74) is 0.121. The van der Waals surface area contributed by atoms with Gasteiger partial charge >= 0.3 is 5.69 Å². The second-order valence-corrected chi connectivity index (χ2v) is 4.21. The second kappa shape index (κ2) is 6.27. The van der Waals surface area contributed by atoms with Crippen LogP contribution in [0.5, 0.6) is 0 Å². The fourth-order valence-electron chi connectivity index (χ4n) is 1.71. The highest BCUT2D eigenvalue weighted by molar-refractivity contribution is 5.50. The van der Waals surface area contributed by atoms with Gasteiger partial charge in [0.2, 0.25) is 5.69 Å². The number of pyridine rings is 1. The van der Waals surface area contributed by atoms with Gasteiger partial charge in [-0.25, -0.2) is 4.98 Å². The number of hydrogen-bond acceptors (Lipinski definition) is 7. The van der Waals surface area contributed by atoms with Crippen LogP contribution in [0.4, 0.5) is 17.2 Å². The van der Waals surface area contributed by atoms with Crippen LogP contribution in [0.15, 0.2) is 36.4 Å². The number of nitriles is 1. The first-order valence-corrected chi connectivity index (χ1v) is 6.04. The van der Waals surface area contributed by atoms with Crippen LogP contribution in [0.25, 0.3) is 0 Å². The number of hydrogen-bond donors (Lipinski definition) is 1. The summed E-state index contributed by atoms with van der Waals surface area (Å²) >= 11 is 0. The molecule has 0 amide bonds. The Hall–Kier alpha value is -3.54. The maximum atomic E-state index is 10.7. The van der Waals surface area contributed by atoms with E-state index in [4.69, 9.17) is 5.26 Å². The molecule has 0 bridgehead atoms. The molecule has 1 aromatic heterocycles. The van der Waals surface area contributed by atoms with E-state index in [0.29, 0.717) is 12.4 Å². The molecule has 1 aromatic carbocycles. The Morgan fingerprint density at radius 1 is 1.09 bits per heavy atom. The molecular formula is C13H9N5O4. The van der Waals surface area contributed by atoms with Crippen LogP contribution in [0, 0.1) is 31.6 Å². The van der Waals surface area contributed by atoms with Gasteiger partial charge in [0.15, 0.2) is 0 Å².